The van der Waals surface area contributed by atoms with Crippen molar-refractivity contribution in [2.24, 2.45) is 0 Å². The van der Waals surface area contributed by atoms with Crippen molar-refractivity contribution in [3.63, 3.8) is 0 Å². The molecule has 0 unspecified atom stereocenters. The third-order valence-corrected chi connectivity index (χ3v) is 5.58. The van der Waals surface area contributed by atoms with E-state index in [1.807, 2.05) is 37.3 Å². The molecule has 136 valence electrons. The van der Waals surface area contributed by atoms with E-state index >= 15 is 0 Å². The molecule has 5 nitrogen and oxygen atoms in total. The molecule has 0 radical (unpaired) electrons. The number of amides is 1. The molecule has 26 heavy (non-hydrogen) atoms. The second-order valence-corrected chi connectivity index (χ2v) is 7.78. The number of hydrogen-bond donors (Lipinski definition) is 1. The molecule has 0 fully saturated rings. The average Bonchev–Trinajstić information content (AvgIpc) is 3.02. The van der Waals surface area contributed by atoms with E-state index in [9.17, 15) is 9.59 Å². The van der Waals surface area contributed by atoms with E-state index in [0.717, 1.165) is 21.8 Å². The molecule has 0 bridgehead atoms. The van der Waals surface area contributed by atoms with Crippen LogP contribution in [0.15, 0.2) is 35.1 Å². The molecule has 0 saturated heterocycles. The number of anilines is 1. The number of hydrogen-bond acceptors (Lipinski definition) is 4. The molecule has 0 aliphatic carbocycles. The van der Waals surface area contributed by atoms with Crippen molar-refractivity contribution in [1.29, 1.82) is 0 Å². The Morgan fingerprint density at radius 3 is 2.58 bits per heavy atom. The minimum Gasteiger partial charge on any atom is -0.325 e. The lowest BCUT2D eigenvalue weighted by Crippen LogP contribution is -2.29. The lowest BCUT2D eigenvalue weighted by molar-refractivity contribution is -0.116. The largest absolute Gasteiger partial charge is 0.325 e. The van der Waals surface area contributed by atoms with Crippen molar-refractivity contribution in [3.8, 4) is 0 Å². The van der Waals surface area contributed by atoms with Crippen molar-refractivity contribution >= 4 is 33.1 Å². The van der Waals surface area contributed by atoms with Crippen LogP contribution in [0.1, 0.15) is 43.0 Å². The van der Waals surface area contributed by atoms with Gasteiger partial charge in [-0.25, -0.2) is 4.98 Å². The second-order valence-electron chi connectivity index (χ2n) is 6.66. The number of carbonyl (C=O) groups is 1. The number of aryl methyl sites for hydroxylation is 2. The Balaban J connectivity index is 1.81. The summed E-state index contributed by atoms with van der Waals surface area (Å²) < 4.78 is 1.44. The van der Waals surface area contributed by atoms with Gasteiger partial charge in [-0.2, -0.15) is 0 Å². The third kappa shape index (κ3) is 3.70. The monoisotopic (exact) mass is 369 g/mol. The zero-order chi connectivity index (χ0) is 18.8. The predicted molar refractivity (Wildman–Crippen MR) is 107 cm³/mol. The zero-order valence-corrected chi connectivity index (χ0v) is 16.3. The number of rotatable bonds is 5. The summed E-state index contributed by atoms with van der Waals surface area (Å²) in [5, 5.41) is 3.44. The highest BCUT2D eigenvalue weighted by atomic mass is 32.1. The van der Waals surface area contributed by atoms with Gasteiger partial charge in [-0.1, -0.05) is 32.9 Å². The first-order valence-electron chi connectivity index (χ1n) is 8.78. The standard InChI is InChI=1S/C20H23N3O2S/c1-5-16-10-17-19(26-16)21-13(4)23(20(17)25)11-18(24)22-15-8-6-14(7-9-15)12(2)3/h6-10,12H,5,11H2,1-4H3,(H,22,24). The van der Waals surface area contributed by atoms with E-state index in [2.05, 4.69) is 24.1 Å². The summed E-state index contributed by atoms with van der Waals surface area (Å²) in [6, 6.07) is 9.66. The van der Waals surface area contributed by atoms with Crippen molar-refractivity contribution in [1.82, 2.24) is 9.55 Å². The molecule has 2 heterocycles. The molecule has 0 saturated carbocycles. The van der Waals surface area contributed by atoms with Gasteiger partial charge < -0.3 is 5.32 Å². The molecule has 1 N–H and O–H groups in total. The molecule has 0 atom stereocenters. The first kappa shape index (κ1) is 18.3. The molecule has 3 aromatic rings. The van der Waals surface area contributed by atoms with Crippen molar-refractivity contribution in [2.45, 2.75) is 46.6 Å². The molecule has 1 amide bonds. The summed E-state index contributed by atoms with van der Waals surface area (Å²) in [5.41, 5.74) is 1.78. The van der Waals surface area contributed by atoms with Gasteiger partial charge in [-0.15, -0.1) is 11.3 Å². The molecule has 6 heteroatoms. The first-order chi connectivity index (χ1) is 12.4. The molecule has 0 aliphatic heterocycles. The van der Waals surface area contributed by atoms with Crippen LogP contribution in [0.2, 0.25) is 0 Å². The second kappa shape index (κ2) is 7.41. The van der Waals surface area contributed by atoms with Gasteiger partial charge in [0.25, 0.3) is 5.56 Å². The molecule has 3 rings (SSSR count). The highest BCUT2D eigenvalue weighted by Gasteiger charge is 2.14. The summed E-state index contributed by atoms with van der Waals surface area (Å²) in [4.78, 5) is 31.5. The third-order valence-electron chi connectivity index (χ3n) is 4.40. The Morgan fingerprint density at radius 2 is 1.96 bits per heavy atom. The van der Waals surface area contributed by atoms with Crippen LogP contribution in [0, 0.1) is 6.92 Å². The highest BCUT2D eigenvalue weighted by Crippen LogP contribution is 2.22. The van der Waals surface area contributed by atoms with E-state index in [1.54, 1.807) is 6.92 Å². The number of carbonyl (C=O) groups excluding carboxylic acids is 1. The van der Waals surface area contributed by atoms with E-state index in [4.69, 9.17) is 0 Å². The van der Waals surface area contributed by atoms with Crippen LogP contribution in [0.4, 0.5) is 5.69 Å². The van der Waals surface area contributed by atoms with Gasteiger partial charge in [0.1, 0.15) is 17.2 Å². The summed E-state index contributed by atoms with van der Waals surface area (Å²) in [7, 11) is 0. The summed E-state index contributed by atoms with van der Waals surface area (Å²) >= 11 is 1.53. The van der Waals surface area contributed by atoms with Gasteiger partial charge >= 0.3 is 0 Å². The van der Waals surface area contributed by atoms with Crippen LogP contribution in [0.25, 0.3) is 10.2 Å². The van der Waals surface area contributed by atoms with E-state index < -0.39 is 0 Å². The van der Waals surface area contributed by atoms with Crippen molar-refractivity contribution in [3.05, 3.63) is 57.0 Å². The molecule has 0 spiro atoms. The Hall–Kier alpha value is -2.47. The fourth-order valence-corrected chi connectivity index (χ4v) is 3.83. The number of fused-ring (bicyclic) bond motifs is 1. The first-order valence-corrected chi connectivity index (χ1v) is 9.60. The molecular weight excluding hydrogens is 346 g/mol. The fraction of sp³-hybridized carbons (Fsp3) is 0.350. The van der Waals surface area contributed by atoms with Crippen LogP contribution < -0.4 is 10.9 Å². The number of nitrogens with one attached hydrogen (secondary N) is 1. The van der Waals surface area contributed by atoms with Crippen LogP contribution in [0.5, 0.6) is 0 Å². The Bertz CT molecular complexity index is 1000. The minimum atomic E-state index is -0.236. The van der Waals surface area contributed by atoms with E-state index in [0.29, 0.717) is 17.1 Å². The number of thiophene rings is 1. The number of nitrogens with zero attached hydrogens (tertiary/aromatic N) is 2. The number of benzene rings is 1. The zero-order valence-electron chi connectivity index (χ0n) is 15.5. The van der Waals surface area contributed by atoms with Crippen LogP contribution in [-0.2, 0) is 17.8 Å². The topological polar surface area (TPSA) is 64.0 Å². The molecule has 2 aromatic heterocycles. The van der Waals surface area contributed by atoms with Crippen molar-refractivity contribution < 1.29 is 4.79 Å². The van der Waals surface area contributed by atoms with Gasteiger partial charge in [0, 0.05) is 10.6 Å². The smallest absolute Gasteiger partial charge is 0.262 e. The van der Waals surface area contributed by atoms with Crippen LogP contribution in [0.3, 0.4) is 0 Å². The average molecular weight is 369 g/mol. The predicted octanol–water partition coefficient (Wildman–Crippen LogP) is 4.09. The van der Waals surface area contributed by atoms with Crippen LogP contribution >= 0.6 is 11.3 Å². The maximum Gasteiger partial charge on any atom is 0.262 e. The normalized spacial score (nSPS) is 11.3. The van der Waals surface area contributed by atoms with E-state index in [1.165, 1.54) is 21.5 Å². The van der Waals surface area contributed by atoms with Gasteiger partial charge in [-0.3, -0.25) is 14.2 Å². The fourth-order valence-electron chi connectivity index (χ4n) is 2.82. The SMILES string of the molecule is CCc1cc2c(=O)n(CC(=O)Nc3ccc(C(C)C)cc3)c(C)nc2s1. The van der Waals surface area contributed by atoms with Gasteiger partial charge in [-0.05, 0) is 43.0 Å². The maximum atomic E-state index is 12.7. The Kier molecular flexibility index (Phi) is 5.23. The lowest BCUT2D eigenvalue weighted by atomic mass is 10.0. The van der Waals surface area contributed by atoms with Gasteiger partial charge in [0.15, 0.2) is 0 Å². The number of aromatic nitrogens is 2. The Morgan fingerprint density at radius 1 is 1.27 bits per heavy atom. The van der Waals surface area contributed by atoms with Crippen molar-refractivity contribution in [2.75, 3.05) is 5.32 Å². The lowest BCUT2D eigenvalue weighted by Gasteiger charge is -2.11. The molecule has 0 aliphatic rings. The van der Waals surface area contributed by atoms with E-state index in [-0.39, 0.29) is 18.0 Å². The van der Waals surface area contributed by atoms with Gasteiger partial charge in [0.05, 0.1) is 5.39 Å². The summed E-state index contributed by atoms with van der Waals surface area (Å²) in [5.74, 6) is 0.759. The molecular formula is C20H23N3O2S. The van der Waals surface area contributed by atoms with Gasteiger partial charge in [0.2, 0.25) is 5.91 Å². The minimum absolute atomic E-state index is 0.0448. The Labute approximate surface area is 156 Å². The maximum absolute atomic E-state index is 12.7. The molecule has 1 aromatic carbocycles. The summed E-state index contributed by atoms with van der Waals surface area (Å²) in [6.07, 6.45) is 0.867. The summed E-state index contributed by atoms with van der Waals surface area (Å²) in [6.45, 7) is 8.02. The quantitative estimate of drug-likeness (QED) is 0.737. The van der Waals surface area contributed by atoms with Crippen LogP contribution in [-0.4, -0.2) is 15.5 Å². The highest BCUT2D eigenvalue weighted by molar-refractivity contribution is 7.18.